The second-order valence-electron chi connectivity index (χ2n) is 2.98. The molecule has 0 atom stereocenters. The van der Waals surface area contributed by atoms with Gasteiger partial charge in [-0.2, -0.15) is 0 Å². The van der Waals surface area contributed by atoms with Crippen LogP contribution in [0.3, 0.4) is 0 Å². The van der Waals surface area contributed by atoms with E-state index in [9.17, 15) is 0 Å². The van der Waals surface area contributed by atoms with Crippen molar-refractivity contribution in [1.29, 1.82) is 0 Å². The maximum atomic E-state index is 5.63. The number of nitrogens with two attached hydrogens (primary N) is 1. The van der Waals surface area contributed by atoms with E-state index in [4.69, 9.17) is 5.73 Å². The molecule has 2 rings (SSSR count). The van der Waals surface area contributed by atoms with Crippen LogP contribution in [0.1, 0.15) is 0 Å². The normalized spacial score (nSPS) is 15.3. The first-order valence-electron chi connectivity index (χ1n) is 4.12. The molecular formula is C9H9Br2N3. The van der Waals surface area contributed by atoms with Gasteiger partial charge >= 0.3 is 0 Å². The van der Waals surface area contributed by atoms with Gasteiger partial charge in [0, 0.05) is 8.95 Å². The molecular weight excluding hydrogens is 310 g/mol. The van der Waals surface area contributed by atoms with E-state index in [2.05, 4.69) is 37.3 Å². The fourth-order valence-corrected chi connectivity index (χ4v) is 2.10. The second-order valence-corrected chi connectivity index (χ2v) is 4.75. The zero-order valence-corrected chi connectivity index (χ0v) is 10.5. The molecule has 0 amide bonds. The summed E-state index contributed by atoms with van der Waals surface area (Å²) >= 11 is 6.93. The van der Waals surface area contributed by atoms with Crippen LogP contribution in [0.25, 0.3) is 0 Å². The van der Waals surface area contributed by atoms with Gasteiger partial charge in [0.15, 0.2) is 0 Å². The summed E-state index contributed by atoms with van der Waals surface area (Å²) in [6.07, 6.45) is 1.94. The summed E-state index contributed by atoms with van der Waals surface area (Å²) < 4.78 is 2.08. The number of anilines is 1. The van der Waals surface area contributed by atoms with Crippen molar-refractivity contribution in [2.75, 3.05) is 11.6 Å². The summed E-state index contributed by atoms with van der Waals surface area (Å²) in [4.78, 5) is 0. The van der Waals surface area contributed by atoms with E-state index in [0.717, 1.165) is 21.2 Å². The van der Waals surface area contributed by atoms with Gasteiger partial charge in [-0.15, -0.1) is 0 Å². The number of halogens is 2. The van der Waals surface area contributed by atoms with Gasteiger partial charge in [-0.1, -0.05) is 15.9 Å². The van der Waals surface area contributed by atoms with Crippen LogP contribution < -0.4 is 16.2 Å². The molecule has 1 aromatic carbocycles. The third kappa shape index (κ3) is 1.88. The standard InChI is InChI=1S/C9H9Br2N3/c10-6-1-2-7(11)8(5-6)14-4-3-9(12)13-14/h1-3,5,13H,4,12H2. The fourth-order valence-electron chi connectivity index (χ4n) is 1.29. The molecule has 0 spiro atoms. The van der Waals surface area contributed by atoms with Crippen molar-refractivity contribution in [1.82, 2.24) is 5.43 Å². The lowest BCUT2D eigenvalue weighted by atomic mass is 10.3. The Morgan fingerprint density at radius 3 is 2.79 bits per heavy atom. The van der Waals surface area contributed by atoms with Crippen LogP contribution in [-0.2, 0) is 0 Å². The van der Waals surface area contributed by atoms with Crippen molar-refractivity contribution in [3.8, 4) is 0 Å². The highest BCUT2D eigenvalue weighted by molar-refractivity contribution is 9.11. The number of rotatable bonds is 1. The van der Waals surface area contributed by atoms with Crippen molar-refractivity contribution in [3.05, 3.63) is 39.0 Å². The van der Waals surface area contributed by atoms with Crippen LogP contribution in [0.4, 0.5) is 5.69 Å². The quantitative estimate of drug-likeness (QED) is 0.835. The summed E-state index contributed by atoms with van der Waals surface area (Å²) in [7, 11) is 0. The third-order valence-electron chi connectivity index (χ3n) is 1.96. The lowest BCUT2D eigenvalue weighted by Gasteiger charge is -2.20. The van der Waals surface area contributed by atoms with Gasteiger partial charge in [-0.25, -0.2) is 0 Å². The number of benzene rings is 1. The van der Waals surface area contributed by atoms with Crippen molar-refractivity contribution in [2.45, 2.75) is 0 Å². The summed E-state index contributed by atoms with van der Waals surface area (Å²) in [5, 5.41) is 1.98. The van der Waals surface area contributed by atoms with Crippen molar-refractivity contribution in [2.24, 2.45) is 5.73 Å². The van der Waals surface area contributed by atoms with Gasteiger partial charge in [-0.3, -0.25) is 10.4 Å². The molecule has 0 radical (unpaired) electrons. The van der Waals surface area contributed by atoms with Crippen LogP contribution in [0.2, 0.25) is 0 Å². The first kappa shape index (κ1) is 9.86. The number of nitrogens with zero attached hydrogens (tertiary/aromatic N) is 1. The predicted octanol–water partition coefficient (Wildman–Crippen LogP) is 2.34. The lowest BCUT2D eigenvalue weighted by Crippen LogP contribution is -2.34. The molecule has 14 heavy (non-hydrogen) atoms. The Bertz CT molecular complexity index is 390. The van der Waals surface area contributed by atoms with E-state index >= 15 is 0 Å². The fraction of sp³-hybridized carbons (Fsp3) is 0.111. The Balaban J connectivity index is 2.28. The molecule has 0 aliphatic carbocycles. The van der Waals surface area contributed by atoms with Crippen LogP contribution in [-0.4, -0.2) is 6.54 Å². The summed E-state index contributed by atoms with van der Waals surface area (Å²) in [5.74, 6) is 0.692. The molecule has 74 valence electrons. The summed E-state index contributed by atoms with van der Waals surface area (Å²) in [6, 6.07) is 6.01. The van der Waals surface area contributed by atoms with Crippen LogP contribution in [0.15, 0.2) is 39.0 Å². The van der Waals surface area contributed by atoms with E-state index in [1.165, 1.54) is 0 Å². The highest BCUT2D eigenvalue weighted by Crippen LogP contribution is 2.29. The maximum Gasteiger partial charge on any atom is 0.113 e. The Morgan fingerprint density at radius 1 is 1.36 bits per heavy atom. The average Bonchev–Trinajstić information content (AvgIpc) is 2.56. The monoisotopic (exact) mass is 317 g/mol. The predicted molar refractivity (Wildman–Crippen MR) is 64.6 cm³/mol. The maximum absolute atomic E-state index is 5.63. The third-order valence-corrected chi connectivity index (χ3v) is 3.12. The van der Waals surface area contributed by atoms with Crippen LogP contribution in [0, 0.1) is 0 Å². The molecule has 1 aliphatic heterocycles. The van der Waals surface area contributed by atoms with E-state index in [1.807, 2.05) is 29.3 Å². The minimum atomic E-state index is 0.692. The van der Waals surface area contributed by atoms with E-state index < -0.39 is 0 Å². The largest absolute Gasteiger partial charge is 0.384 e. The van der Waals surface area contributed by atoms with Crippen molar-refractivity contribution >= 4 is 37.5 Å². The molecule has 0 bridgehead atoms. The smallest absolute Gasteiger partial charge is 0.113 e. The molecule has 0 saturated carbocycles. The number of hydrogen-bond donors (Lipinski definition) is 2. The van der Waals surface area contributed by atoms with Gasteiger partial charge in [0.05, 0.1) is 12.2 Å². The number of hydrazine groups is 1. The molecule has 3 nitrogen and oxygen atoms in total. The van der Waals surface area contributed by atoms with E-state index in [1.54, 1.807) is 0 Å². The lowest BCUT2D eigenvalue weighted by molar-refractivity contribution is 0.795. The van der Waals surface area contributed by atoms with E-state index in [0.29, 0.717) is 5.82 Å². The Hall–Kier alpha value is -0.680. The topological polar surface area (TPSA) is 41.3 Å². The van der Waals surface area contributed by atoms with Crippen LogP contribution >= 0.6 is 31.9 Å². The summed E-state index contributed by atoms with van der Waals surface area (Å²) in [6.45, 7) is 0.779. The second kappa shape index (κ2) is 3.82. The van der Waals surface area contributed by atoms with Crippen molar-refractivity contribution < 1.29 is 0 Å². The minimum Gasteiger partial charge on any atom is -0.384 e. The zero-order chi connectivity index (χ0) is 10.1. The molecule has 1 aromatic rings. The molecule has 0 fully saturated rings. The highest BCUT2D eigenvalue weighted by Gasteiger charge is 2.14. The van der Waals surface area contributed by atoms with Gasteiger partial charge in [-0.05, 0) is 40.2 Å². The Kier molecular flexibility index (Phi) is 2.69. The van der Waals surface area contributed by atoms with Gasteiger partial charge in [0.25, 0.3) is 0 Å². The van der Waals surface area contributed by atoms with Crippen LogP contribution in [0.5, 0.6) is 0 Å². The molecule has 5 heteroatoms. The first-order valence-corrected chi connectivity index (χ1v) is 5.70. The SMILES string of the molecule is NC1=CCN(c2cc(Br)ccc2Br)N1. The summed E-state index contributed by atoms with van der Waals surface area (Å²) in [5.41, 5.74) is 9.76. The first-order chi connectivity index (χ1) is 6.66. The number of nitrogens with one attached hydrogen (secondary N) is 1. The van der Waals surface area contributed by atoms with E-state index in [-0.39, 0.29) is 0 Å². The molecule has 1 aliphatic rings. The molecule has 0 aromatic heterocycles. The van der Waals surface area contributed by atoms with Gasteiger partial charge in [0.1, 0.15) is 5.82 Å². The average molecular weight is 319 g/mol. The Morgan fingerprint density at radius 2 is 2.14 bits per heavy atom. The molecule has 0 saturated heterocycles. The van der Waals surface area contributed by atoms with Gasteiger partial charge in [0.2, 0.25) is 0 Å². The highest BCUT2D eigenvalue weighted by atomic mass is 79.9. The minimum absolute atomic E-state index is 0.692. The number of hydrogen-bond acceptors (Lipinski definition) is 3. The molecule has 3 N–H and O–H groups in total. The molecule has 1 heterocycles. The molecule has 0 unspecified atom stereocenters. The Labute approximate surface area is 99.2 Å². The van der Waals surface area contributed by atoms with Crippen molar-refractivity contribution in [3.63, 3.8) is 0 Å². The zero-order valence-electron chi connectivity index (χ0n) is 7.30. The van der Waals surface area contributed by atoms with Gasteiger partial charge < -0.3 is 5.73 Å².